The summed E-state index contributed by atoms with van der Waals surface area (Å²) in [5.41, 5.74) is 1.23. The average molecular weight is 520 g/mol. The van der Waals surface area contributed by atoms with E-state index in [1.165, 1.54) is 12.0 Å². The number of carbonyl (C=O) groups excluding carboxylic acids is 1. The molecule has 1 aromatic rings. The quantitative estimate of drug-likeness (QED) is 0.314. The van der Waals surface area contributed by atoms with Gasteiger partial charge in [0.25, 0.3) is 0 Å². The normalized spacial score (nSPS) is 18.9. The number of guanidine groups is 1. The molecule has 2 N–H and O–H groups in total. The number of thioether (sulfide) groups is 1. The molecule has 0 aliphatic heterocycles. The van der Waals surface area contributed by atoms with Crippen LogP contribution in [0.2, 0.25) is 0 Å². The van der Waals surface area contributed by atoms with Gasteiger partial charge in [-0.2, -0.15) is 11.8 Å². The van der Waals surface area contributed by atoms with Crippen molar-refractivity contribution in [3.8, 4) is 5.75 Å². The lowest BCUT2D eigenvalue weighted by Crippen LogP contribution is -2.44. The van der Waals surface area contributed by atoms with Crippen molar-refractivity contribution in [2.75, 3.05) is 40.6 Å². The van der Waals surface area contributed by atoms with E-state index in [1.807, 2.05) is 23.9 Å². The minimum atomic E-state index is -0.000309. The standard InChI is InChI=1S/C20H32N4O2S.HI/c1-24(2)19(25)14-22-20(23-16-7-10-18(13-16)27-4)21-12-11-15-5-8-17(26-3)9-6-15;/h5-6,8-9,16,18H,7,10-14H2,1-4H3,(H2,21,22,23);1H. The molecule has 6 nitrogen and oxygen atoms in total. The number of nitrogens with zero attached hydrogens (tertiary/aromatic N) is 2. The highest BCUT2D eigenvalue weighted by molar-refractivity contribution is 14.0. The van der Waals surface area contributed by atoms with Crippen LogP contribution in [-0.2, 0) is 11.2 Å². The molecule has 0 radical (unpaired) electrons. The maximum atomic E-state index is 11.9. The minimum absolute atomic E-state index is 0. The van der Waals surface area contributed by atoms with Gasteiger partial charge < -0.3 is 20.3 Å². The van der Waals surface area contributed by atoms with Gasteiger partial charge in [-0.3, -0.25) is 4.79 Å². The molecule has 1 aromatic carbocycles. The molecular formula is C20H33IN4O2S. The Morgan fingerprint density at radius 1 is 1.29 bits per heavy atom. The fourth-order valence-corrected chi connectivity index (χ4v) is 3.83. The minimum Gasteiger partial charge on any atom is -0.497 e. The number of rotatable bonds is 8. The van der Waals surface area contributed by atoms with Crippen molar-refractivity contribution in [1.82, 2.24) is 15.5 Å². The van der Waals surface area contributed by atoms with Crippen molar-refractivity contribution in [3.05, 3.63) is 29.8 Å². The molecule has 28 heavy (non-hydrogen) atoms. The summed E-state index contributed by atoms with van der Waals surface area (Å²) in [5.74, 6) is 1.59. The first kappa shape index (κ1) is 24.9. The van der Waals surface area contributed by atoms with Crippen molar-refractivity contribution in [3.63, 3.8) is 0 Å². The van der Waals surface area contributed by atoms with Crippen LogP contribution in [0, 0.1) is 0 Å². The molecule has 0 heterocycles. The topological polar surface area (TPSA) is 66.0 Å². The van der Waals surface area contributed by atoms with Crippen LogP contribution in [-0.4, -0.2) is 68.6 Å². The third-order valence-corrected chi connectivity index (χ3v) is 5.89. The summed E-state index contributed by atoms with van der Waals surface area (Å²) in [4.78, 5) is 17.9. The lowest BCUT2D eigenvalue weighted by Gasteiger charge is -2.18. The second kappa shape index (κ2) is 13.1. The van der Waals surface area contributed by atoms with E-state index >= 15 is 0 Å². The molecule has 2 rings (SSSR count). The lowest BCUT2D eigenvalue weighted by molar-refractivity contribution is -0.127. The number of likely N-dealkylation sites (N-methyl/N-ethyl adjacent to an activating group) is 1. The largest absolute Gasteiger partial charge is 0.497 e. The van der Waals surface area contributed by atoms with Crippen molar-refractivity contribution in [2.45, 2.75) is 37.0 Å². The zero-order valence-corrected chi connectivity index (χ0v) is 20.4. The van der Waals surface area contributed by atoms with Gasteiger partial charge >= 0.3 is 0 Å². The van der Waals surface area contributed by atoms with Crippen molar-refractivity contribution >= 4 is 47.6 Å². The first-order valence-electron chi connectivity index (χ1n) is 9.42. The van der Waals surface area contributed by atoms with E-state index < -0.39 is 0 Å². The summed E-state index contributed by atoms with van der Waals surface area (Å²) < 4.78 is 5.20. The van der Waals surface area contributed by atoms with E-state index in [-0.39, 0.29) is 36.4 Å². The molecule has 2 atom stereocenters. The molecule has 158 valence electrons. The SMILES string of the molecule is COc1ccc(CCNC(=NCC(=O)N(C)C)NC2CCC(SC)C2)cc1.I. The van der Waals surface area contributed by atoms with Crippen molar-refractivity contribution in [2.24, 2.45) is 4.99 Å². The average Bonchev–Trinajstić information content (AvgIpc) is 3.13. The Hall–Kier alpha value is -1.16. The maximum absolute atomic E-state index is 11.9. The molecule has 1 aliphatic rings. The molecule has 1 aliphatic carbocycles. The number of amides is 1. The molecule has 1 amide bonds. The fraction of sp³-hybridized carbons (Fsp3) is 0.600. The first-order valence-corrected chi connectivity index (χ1v) is 10.7. The number of hydrogen-bond acceptors (Lipinski definition) is 4. The highest BCUT2D eigenvalue weighted by atomic mass is 127. The Bertz CT molecular complexity index is 625. The van der Waals surface area contributed by atoms with Crippen LogP contribution in [0.1, 0.15) is 24.8 Å². The number of halogens is 1. The monoisotopic (exact) mass is 520 g/mol. The number of ether oxygens (including phenoxy) is 1. The Morgan fingerprint density at radius 3 is 2.57 bits per heavy atom. The molecule has 2 unspecified atom stereocenters. The van der Waals surface area contributed by atoms with E-state index in [4.69, 9.17) is 4.74 Å². The van der Waals surface area contributed by atoms with Crippen LogP contribution >= 0.6 is 35.7 Å². The second-order valence-corrected chi connectivity index (χ2v) is 8.13. The Morgan fingerprint density at radius 2 is 2.00 bits per heavy atom. The number of aliphatic imine (C=N–C) groups is 1. The predicted molar refractivity (Wildman–Crippen MR) is 129 cm³/mol. The van der Waals surface area contributed by atoms with Gasteiger partial charge in [0.05, 0.1) is 7.11 Å². The Labute approximate surface area is 190 Å². The molecule has 1 fully saturated rings. The number of carbonyl (C=O) groups is 1. The third-order valence-electron chi connectivity index (χ3n) is 4.80. The van der Waals surface area contributed by atoms with Gasteiger partial charge in [0.15, 0.2) is 5.96 Å². The van der Waals surface area contributed by atoms with Crippen LogP contribution < -0.4 is 15.4 Å². The number of nitrogens with one attached hydrogen (secondary N) is 2. The molecule has 0 spiro atoms. The van der Waals surface area contributed by atoms with E-state index in [0.29, 0.717) is 11.3 Å². The number of methoxy groups -OCH3 is 1. The Balaban J connectivity index is 0.00000392. The molecular weight excluding hydrogens is 487 g/mol. The van der Waals surface area contributed by atoms with Gasteiger partial charge in [-0.15, -0.1) is 24.0 Å². The summed E-state index contributed by atoms with van der Waals surface area (Å²) in [6.45, 7) is 0.913. The zero-order chi connectivity index (χ0) is 19.6. The highest BCUT2D eigenvalue weighted by Gasteiger charge is 2.24. The summed E-state index contributed by atoms with van der Waals surface area (Å²) in [7, 11) is 5.18. The van der Waals surface area contributed by atoms with E-state index in [0.717, 1.165) is 37.5 Å². The summed E-state index contributed by atoms with van der Waals surface area (Å²) in [5, 5.41) is 7.61. The second-order valence-electron chi connectivity index (χ2n) is 6.99. The lowest BCUT2D eigenvalue weighted by atomic mass is 10.1. The van der Waals surface area contributed by atoms with Crippen LogP contribution in [0.4, 0.5) is 0 Å². The van der Waals surface area contributed by atoms with Gasteiger partial charge in [-0.25, -0.2) is 4.99 Å². The molecule has 0 bridgehead atoms. The predicted octanol–water partition coefficient (Wildman–Crippen LogP) is 2.76. The summed E-state index contributed by atoms with van der Waals surface area (Å²) in [6.07, 6.45) is 6.57. The van der Waals surface area contributed by atoms with E-state index in [1.54, 1.807) is 26.1 Å². The smallest absolute Gasteiger partial charge is 0.243 e. The molecule has 8 heteroatoms. The van der Waals surface area contributed by atoms with Crippen LogP contribution in [0.15, 0.2) is 29.3 Å². The first-order chi connectivity index (χ1) is 13.0. The van der Waals surface area contributed by atoms with Crippen LogP contribution in [0.3, 0.4) is 0 Å². The third kappa shape index (κ3) is 8.46. The zero-order valence-electron chi connectivity index (χ0n) is 17.2. The number of hydrogen-bond donors (Lipinski definition) is 2. The summed E-state index contributed by atoms with van der Waals surface area (Å²) >= 11 is 1.93. The molecule has 0 aromatic heterocycles. The van der Waals surface area contributed by atoms with Crippen molar-refractivity contribution in [1.29, 1.82) is 0 Å². The summed E-state index contributed by atoms with van der Waals surface area (Å²) in [6, 6.07) is 8.50. The van der Waals surface area contributed by atoms with Gasteiger partial charge in [0, 0.05) is 31.9 Å². The van der Waals surface area contributed by atoms with Gasteiger partial charge in [-0.05, 0) is 49.6 Å². The highest BCUT2D eigenvalue weighted by Crippen LogP contribution is 2.28. The van der Waals surface area contributed by atoms with Gasteiger partial charge in [0.2, 0.25) is 5.91 Å². The van der Waals surface area contributed by atoms with Crippen LogP contribution in [0.5, 0.6) is 5.75 Å². The molecule has 0 saturated heterocycles. The van der Waals surface area contributed by atoms with E-state index in [9.17, 15) is 4.79 Å². The maximum Gasteiger partial charge on any atom is 0.243 e. The van der Waals surface area contributed by atoms with E-state index in [2.05, 4.69) is 34.0 Å². The van der Waals surface area contributed by atoms with Gasteiger partial charge in [-0.1, -0.05) is 12.1 Å². The van der Waals surface area contributed by atoms with Crippen LogP contribution in [0.25, 0.3) is 0 Å². The number of benzene rings is 1. The van der Waals surface area contributed by atoms with Gasteiger partial charge in [0.1, 0.15) is 12.3 Å². The van der Waals surface area contributed by atoms with Crippen molar-refractivity contribution < 1.29 is 9.53 Å². The Kier molecular flexibility index (Phi) is 11.7. The molecule has 1 saturated carbocycles. The fourth-order valence-electron chi connectivity index (χ4n) is 3.04.